The van der Waals surface area contributed by atoms with Gasteiger partial charge in [-0.1, -0.05) is 25.0 Å². The van der Waals surface area contributed by atoms with Gasteiger partial charge in [-0.05, 0) is 42.4 Å². The normalized spacial score (nSPS) is 21.5. The maximum absolute atomic E-state index is 10.9. The van der Waals surface area contributed by atoms with Crippen molar-refractivity contribution in [2.24, 2.45) is 5.41 Å². The lowest BCUT2D eigenvalue weighted by Gasteiger charge is -2.48. The zero-order chi connectivity index (χ0) is 13.3. The van der Waals surface area contributed by atoms with Crippen molar-refractivity contribution in [3.8, 4) is 0 Å². The van der Waals surface area contributed by atoms with Crippen LogP contribution >= 0.6 is 0 Å². The molecule has 1 aliphatic carbocycles. The molecule has 1 heterocycles. The molecule has 0 atom stereocenters. The summed E-state index contributed by atoms with van der Waals surface area (Å²) in [7, 11) is 0. The average Bonchev–Trinajstić information content (AvgIpc) is 2.85. The molecule has 19 heavy (non-hydrogen) atoms. The molecule has 1 saturated heterocycles. The molecule has 2 fully saturated rings. The molecular weight excluding hydrogens is 238 g/mol. The van der Waals surface area contributed by atoms with E-state index in [9.17, 15) is 4.79 Å². The van der Waals surface area contributed by atoms with Crippen LogP contribution in [0.4, 0.5) is 0 Å². The van der Waals surface area contributed by atoms with E-state index in [-0.39, 0.29) is 0 Å². The molecule has 1 saturated carbocycles. The number of carboxylic acid groups (broad SMARTS) is 1. The standard InChI is InChI=1S/C16H21NO2/c18-15(19)14-5-3-4-13(10-14)6-9-17-11-16(12-17)7-1-2-8-16/h3-5,10H,1-2,6-9,11-12H2,(H,18,19). The molecule has 0 bridgehead atoms. The summed E-state index contributed by atoms with van der Waals surface area (Å²) >= 11 is 0. The van der Waals surface area contributed by atoms with Crippen LogP contribution in [-0.2, 0) is 6.42 Å². The molecule has 1 aliphatic heterocycles. The Bertz CT molecular complexity index is 469. The first-order valence-corrected chi connectivity index (χ1v) is 7.22. The van der Waals surface area contributed by atoms with Crippen molar-refractivity contribution < 1.29 is 9.90 Å². The Hall–Kier alpha value is -1.35. The van der Waals surface area contributed by atoms with Crippen LogP contribution in [0.25, 0.3) is 0 Å². The maximum atomic E-state index is 10.9. The second-order valence-corrected chi connectivity index (χ2v) is 6.17. The van der Waals surface area contributed by atoms with E-state index >= 15 is 0 Å². The fourth-order valence-electron chi connectivity index (χ4n) is 3.65. The second-order valence-electron chi connectivity index (χ2n) is 6.17. The van der Waals surface area contributed by atoms with Gasteiger partial charge in [0.1, 0.15) is 0 Å². The molecule has 0 aromatic heterocycles. The molecule has 3 rings (SSSR count). The van der Waals surface area contributed by atoms with Crippen molar-refractivity contribution in [1.29, 1.82) is 0 Å². The molecule has 0 amide bonds. The molecule has 1 aromatic carbocycles. The van der Waals surface area contributed by atoms with Crippen LogP contribution in [0.2, 0.25) is 0 Å². The maximum Gasteiger partial charge on any atom is 0.335 e. The number of hydrogen-bond donors (Lipinski definition) is 1. The lowest BCUT2D eigenvalue weighted by molar-refractivity contribution is 0.00732. The van der Waals surface area contributed by atoms with E-state index < -0.39 is 5.97 Å². The molecule has 3 nitrogen and oxygen atoms in total. The Balaban J connectivity index is 1.50. The van der Waals surface area contributed by atoms with Gasteiger partial charge >= 0.3 is 5.97 Å². The SMILES string of the molecule is O=C(O)c1cccc(CCN2CC3(CCCC3)C2)c1. The average molecular weight is 259 g/mol. The molecule has 102 valence electrons. The van der Waals surface area contributed by atoms with Crippen molar-refractivity contribution in [3.63, 3.8) is 0 Å². The fraction of sp³-hybridized carbons (Fsp3) is 0.562. The highest BCUT2D eigenvalue weighted by atomic mass is 16.4. The van der Waals surface area contributed by atoms with Crippen LogP contribution in [0.1, 0.15) is 41.6 Å². The van der Waals surface area contributed by atoms with E-state index in [4.69, 9.17) is 5.11 Å². The molecule has 0 radical (unpaired) electrons. The van der Waals surface area contributed by atoms with E-state index in [0.29, 0.717) is 11.0 Å². The van der Waals surface area contributed by atoms with E-state index in [0.717, 1.165) is 18.5 Å². The summed E-state index contributed by atoms with van der Waals surface area (Å²) in [6, 6.07) is 7.32. The highest BCUT2D eigenvalue weighted by molar-refractivity contribution is 5.87. The van der Waals surface area contributed by atoms with Gasteiger partial charge < -0.3 is 10.0 Å². The summed E-state index contributed by atoms with van der Waals surface area (Å²) in [6.07, 6.45) is 6.61. The topological polar surface area (TPSA) is 40.5 Å². The molecule has 1 N–H and O–H groups in total. The Morgan fingerprint density at radius 3 is 2.68 bits per heavy atom. The summed E-state index contributed by atoms with van der Waals surface area (Å²) in [5, 5.41) is 8.97. The van der Waals surface area contributed by atoms with Crippen LogP contribution in [-0.4, -0.2) is 35.6 Å². The van der Waals surface area contributed by atoms with E-state index in [1.54, 1.807) is 12.1 Å². The molecule has 3 heteroatoms. The van der Waals surface area contributed by atoms with Crippen LogP contribution in [0.3, 0.4) is 0 Å². The number of carbonyl (C=O) groups is 1. The third kappa shape index (κ3) is 2.66. The van der Waals surface area contributed by atoms with Crippen molar-refractivity contribution in [1.82, 2.24) is 4.90 Å². The van der Waals surface area contributed by atoms with Gasteiger partial charge in [-0.15, -0.1) is 0 Å². The predicted octanol–water partition coefficient (Wildman–Crippen LogP) is 2.80. The van der Waals surface area contributed by atoms with Gasteiger partial charge in [0.2, 0.25) is 0 Å². The number of hydrogen-bond acceptors (Lipinski definition) is 2. The number of rotatable bonds is 4. The summed E-state index contributed by atoms with van der Waals surface area (Å²) in [4.78, 5) is 13.4. The van der Waals surface area contributed by atoms with Gasteiger partial charge in [0, 0.05) is 19.6 Å². The van der Waals surface area contributed by atoms with Gasteiger partial charge in [-0.2, -0.15) is 0 Å². The first-order valence-electron chi connectivity index (χ1n) is 7.22. The molecule has 1 aromatic rings. The van der Waals surface area contributed by atoms with Gasteiger partial charge in [0.15, 0.2) is 0 Å². The zero-order valence-corrected chi connectivity index (χ0v) is 11.3. The summed E-state index contributed by atoms with van der Waals surface area (Å²) in [5.74, 6) is -0.837. The summed E-state index contributed by atoms with van der Waals surface area (Å²) < 4.78 is 0. The highest BCUT2D eigenvalue weighted by Crippen LogP contribution is 2.45. The lowest BCUT2D eigenvalue weighted by atomic mass is 9.78. The van der Waals surface area contributed by atoms with Crippen molar-refractivity contribution in [2.75, 3.05) is 19.6 Å². The minimum atomic E-state index is -0.837. The summed E-state index contributed by atoms with van der Waals surface area (Å²) in [5.41, 5.74) is 2.18. The Morgan fingerprint density at radius 1 is 1.26 bits per heavy atom. The molecule has 1 spiro atoms. The summed E-state index contributed by atoms with van der Waals surface area (Å²) in [6.45, 7) is 3.57. The smallest absolute Gasteiger partial charge is 0.335 e. The zero-order valence-electron chi connectivity index (χ0n) is 11.3. The minimum Gasteiger partial charge on any atom is -0.478 e. The van der Waals surface area contributed by atoms with Crippen LogP contribution < -0.4 is 0 Å². The number of carboxylic acids is 1. The van der Waals surface area contributed by atoms with Crippen LogP contribution in [0.15, 0.2) is 24.3 Å². The minimum absolute atomic E-state index is 0.397. The fourth-order valence-corrected chi connectivity index (χ4v) is 3.65. The van der Waals surface area contributed by atoms with Crippen LogP contribution in [0.5, 0.6) is 0 Å². The predicted molar refractivity (Wildman–Crippen MR) is 74.4 cm³/mol. The first-order chi connectivity index (χ1) is 9.17. The van der Waals surface area contributed by atoms with E-state index in [1.807, 2.05) is 12.1 Å². The number of benzene rings is 1. The first kappa shape index (κ1) is 12.7. The highest BCUT2D eigenvalue weighted by Gasteiger charge is 2.43. The molecular formula is C16H21NO2. The van der Waals surface area contributed by atoms with Crippen molar-refractivity contribution >= 4 is 5.97 Å². The molecule has 0 unspecified atom stereocenters. The number of likely N-dealkylation sites (tertiary alicyclic amines) is 1. The van der Waals surface area contributed by atoms with Gasteiger partial charge in [-0.25, -0.2) is 4.79 Å². The third-order valence-corrected chi connectivity index (χ3v) is 4.67. The quantitative estimate of drug-likeness (QED) is 0.904. The van der Waals surface area contributed by atoms with Crippen LogP contribution in [0, 0.1) is 5.41 Å². The van der Waals surface area contributed by atoms with Gasteiger partial charge in [0.05, 0.1) is 5.56 Å². The molecule has 2 aliphatic rings. The number of aromatic carboxylic acids is 1. The number of nitrogens with zero attached hydrogens (tertiary/aromatic N) is 1. The third-order valence-electron chi connectivity index (χ3n) is 4.67. The Labute approximate surface area is 114 Å². The Kier molecular flexibility index (Phi) is 3.31. The largest absolute Gasteiger partial charge is 0.478 e. The van der Waals surface area contributed by atoms with Gasteiger partial charge in [0.25, 0.3) is 0 Å². The van der Waals surface area contributed by atoms with E-state index in [1.165, 1.54) is 38.8 Å². The monoisotopic (exact) mass is 259 g/mol. The lowest BCUT2D eigenvalue weighted by Crippen LogP contribution is -2.55. The Morgan fingerprint density at radius 2 is 2.00 bits per heavy atom. The second kappa shape index (κ2) is 4.97. The van der Waals surface area contributed by atoms with E-state index in [2.05, 4.69) is 4.90 Å². The van der Waals surface area contributed by atoms with Gasteiger partial charge in [-0.3, -0.25) is 0 Å². The van der Waals surface area contributed by atoms with Crippen molar-refractivity contribution in [2.45, 2.75) is 32.1 Å². The van der Waals surface area contributed by atoms with Crippen molar-refractivity contribution in [3.05, 3.63) is 35.4 Å².